The van der Waals surface area contributed by atoms with Crippen molar-refractivity contribution in [1.29, 1.82) is 0 Å². The molecule has 2 aromatic rings. The van der Waals surface area contributed by atoms with E-state index in [1.54, 1.807) is 0 Å². The molecule has 1 heterocycles. The first-order chi connectivity index (χ1) is 7.59. The second-order valence-corrected chi connectivity index (χ2v) is 5.42. The van der Waals surface area contributed by atoms with Crippen LogP contribution in [0.3, 0.4) is 0 Å². The van der Waals surface area contributed by atoms with Crippen molar-refractivity contribution < 1.29 is 0 Å². The number of rotatable bonds is 1. The molecular formula is C12H8Cl2IN. The van der Waals surface area contributed by atoms with Crippen LogP contribution >= 0.6 is 45.8 Å². The number of halogens is 3. The number of aryl methyl sites for hydroxylation is 1. The van der Waals surface area contributed by atoms with E-state index in [-0.39, 0.29) is 0 Å². The first kappa shape index (κ1) is 12.1. The van der Waals surface area contributed by atoms with Crippen LogP contribution in [0.5, 0.6) is 0 Å². The van der Waals surface area contributed by atoms with Gasteiger partial charge < -0.3 is 0 Å². The second-order valence-electron chi connectivity index (χ2n) is 3.44. The van der Waals surface area contributed by atoms with Gasteiger partial charge in [0.15, 0.2) is 0 Å². The van der Waals surface area contributed by atoms with Crippen LogP contribution in [-0.4, -0.2) is 4.98 Å². The molecule has 0 bridgehead atoms. The molecule has 2 rings (SSSR count). The van der Waals surface area contributed by atoms with E-state index in [1.165, 1.54) is 0 Å². The zero-order chi connectivity index (χ0) is 11.7. The van der Waals surface area contributed by atoms with Crippen molar-refractivity contribution in [2.75, 3.05) is 0 Å². The lowest BCUT2D eigenvalue weighted by Gasteiger charge is -2.08. The van der Waals surface area contributed by atoms with Gasteiger partial charge in [-0.05, 0) is 53.3 Å². The lowest BCUT2D eigenvalue weighted by Crippen LogP contribution is -1.91. The van der Waals surface area contributed by atoms with Gasteiger partial charge in [0.1, 0.15) is 0 Å². The molecule has 4 heteroatoms. The van der Waals surface area contributed by atoms with E-state index in [2.05, 4.69) is 33.6 Å². The van der Waals surface area contributed by atoms with Gasteiger partial charge in [0, 0.05) is 15.3 Å². The summed E-state index contributed by atoms with van der Waals surface area (Å²) in [6.07, 6.45) is 1.82. The summed E-state index contributed by atoms with van der Waals surface area (Å²) < 4.78 is 1.05. The van der Waals surface area contributed by atoms with Crippen LogP contribution in [0.1, 0.15) is 5.56 Å². The standard InChI is InChI=1S/C12H8Cl2IN/c1-7-5-10(15)12(16-6-7)11-8(13)3-2-4-9(11)14/h2-6H,1H3. The molecule has 0 fully saturated rings. The molecule has 1 aromatic carbocycles. The zero-order valence-electron chi connectivity index (χ0n) is 8.47. The topological polar surface area (TPSA) is 12.9 Å². The quantitative estimate of drug-likeness (QED) is 0.652. The molecular weight excluding hydrogens is 356 g/mol. The predicted octanol–water partition coefficient (Wildman–Crippen LogP) is 4.97. The fourth-order valence-electron chi connectivity index (χ4n) is 1.44. The third-order valence-corrected chi connectivity index (χ3v) is 3.63. The monoisotopic (exact) mass is 363 g/mol. The van der Waals surface area contributed by atoms with Crippen LogP contribution in [0.15, 0.2) is 30.5 Å². The molecule has 0 amide bonds. The fourth-order valence-corrected chi connectivity index (χ4v) is 2.92. The Bertz CT molecular complexity index is 520. The molecule has 0 aliphatic carbocycles. The number of benzene rings is 1. The summed E-state index contributed by atoms with van der Waals surface area (Å²) in [7, 11) is 0. The maximum atomic E-state index is 6.15. The Kier molecular flexibility index (Phi) is 3.72. The lowest BCUT2D eigenvalue weighted by molar-refractivity contribution is 1.25. The van der Waals surface area contributed by atoms with Gasteiger partial charge in [-0.3, -0.25) is 4.98 Å². The third kappa shape index (κ3) is 2.34. The molecule has 0 saturated carbocycles. The van der Waals surface area contributed by atoms with Crippen molar-refractivity contribution in [3.8, 4) is 11.3 Å². The maximum Gasteiger partial charge on any atom is 0.0865 e. The van der Waals surface area contributed by atoms with Crippen molar-refractivity contribution in [2.24, 2.45) is 0 Å². The normalized spacial score (nSPS) is 10.5. The Morgan fingerprint density at radius 1 is 1.19 bits per heavy atom. The van der Waals surface area contributed by atoms with Crippen LogP contribution in [-0.2, 0) is 0 Å². The van der Waals surface area contributed by atoms with Crippen LogP contribution in [0, 0.1) is 10.5 Å². The third-order valence-electron chi connectivity index (χ3n) is 2.18. The Morgan fingerprint density at radius 2 is 1.81 bits per heavy atom. The van der Waals surface area contributed by atoms with Gasteiger partial charge >= 0.3 is 0 Å². The van der Waals surface area contributed by atoms with E-state index in [9.17, 15) is 0 Å². The first-order valence-corrected chi connectivity index (χ1v) is 6.49. The summed E-state index contributed by atoms with van der Waals surface area (Å²) in [4.78, 5) is 4.39. The van der Waals surface area contributed by atoms with Crippen molar-refractivity contribution in [1.82, 2.24) is 4.98 Å². The van der Waals surface area contributed by atoms with E-state index >= 15 is 0 Å². The van der Waals surface area contributed by atoms with Crippen molar-refractivity contribution in [2.45, 2.75) is 6.92 Å². The number of aromatic nitrogens is 1. The van der Waals surface area contributed by atoms with Gasteiger partial charge in [0.2, 0.25) is 0 Å². The smallest absolute Gasteiger partial charge is 0.0865 e. The molecule has 0 radical (unpaired) electrons. The van der Waals surface area contributed by atoms with E-state index < -0.39 is 0 Å². The van der Waals surface area contributed by atoms with Gasteiger partial charge in [0.25, 0.3) is 0 Å². The molecule has 82 valence electrons. The summed E-state index contributed by atoms with van der Waals surface area (Å²) in [5.74, 6) is 0. The lowest BCUT2D eigenvalue weighted by atomic mass is 10.1. The van der Waals surface area contributed by atoms with E-state index in [1.807, 2.05) is 31.3 Å². The largest absolute Gasteiger partial charge is 0.255 e. The summed E-state index contributed by atoms with van der Waals surface area (Å²) in [6.45, 7) is 2.01. The van der Waals surface area contributed by atoms with Gasteiger partial charge in [-0.25, -0.2) is 0 Å². The highest BCUT2D eigenvalue weighted by Crippen LogP contribution is 2.35. The maximum absolute atomic E-state index is 6.15. The SMILES string of the molecule is Cc1cnc(-c2c(Cl)cccc2Cl)c(I)c1. The first-order valence-electron chi connectivity index (χ1n) is 4.66. The van der Waals surface area contributed by atoms with Crippen LogP contribution in [0.2, 0.25) is 10.0 Å². The van der Waals surface area contributed by atoms with Crippen LogP contribution < -0.4 is 0 Å². The molecule has 0 spiro atoms. The molecule has 0 aliphatic heterocycles. The molecule has 0 saturated heterocycles. The molecule has 1 nitrogen and oxygen atoms in total. The highest BCUT2D eigenvalue weighted by atomic mass is 127. The average Bonchev–Trinajstić information content (AvgIpc) is 2.20. The molecule has 0 aliphatic rings. The van der Waals surface area contributed by atoms with Crippen molar-refractivity contribution in [3.63, 3.8) is 0 Å². The van der Waals surface area contributed by atoms with Gasteiger partial charge in [0.05, 0.1) is 15.7 Å². The van der Waals surface area contributed by atoms with Gasteiger partial charge in [-0.1, -0.05) is 29.3 Å². The Hall–Kier alpha value is -0.320. The van der Waals surface area contributed by atoms with Gasteiger partial charge in [-0.15, -0.1) is 0 Å². The predicted molar refractivity (Wildman–Crippen MR) is 77.1 cm³/mol. The van der Waals surface area contributed by atoms with E-state index in [0.29, 0.717) is 10.0 Å². The van der Waals surface area contributed by atoms with E-state index in [0.717, 1.165) is 20.4 Å². The minimum atomic E-state index is 0.627. The van der Waals surface area contributed by atoms with Crippen LogP contribution in [0.4, 0.5) is 0 Å². The molecule has 0 N–H and O–H groups in total. The molecule has 0 atom stereocenters. The van der Waals surface area contributed by atoms with E-state index in [4.69, 9.17) is 23.2 Å². The fraction of sp³-hybridized carbons (Fsp3) is 0.0833. The minimum Gasteiger partial charge on any atom is -0.255 e. The summed E-state index contributed by atoms with van der Waals surface area (Å²) in [5, 5.41) is 1.25. The highest BCUT2D eigenvalue weighted by molar-refractivity contribution is 14.1. The van der Waals surface area contributed by atoms with Crippen molar-refractivity contribution in [3.05, 3.63) is 49.6 Å². The molecule has 1 aromatic heterocycles. The summed E-state index contributed by atoms with van der Waals surface area (Å²) in [5.41, 5.74) is 2.76. The minimum absolute atomic E-state index is 0.627. The highest BCUT2D eigenvalue weighted by Gasteiger charge is 2.12. The van der Waals surface area contributed by atoms with Crippen LogP contribution in [0.25, 0.3) is 11.3 Å². The number of hydrogen-bond donors (Lipinski definition) is 0. The Balaban J connectivity index is 2.68. The second kappa shape index (κ2) is 4.90. The zero-order valence-corrected chi connectivity index (χ0v) is 12.1. The number of pyridine rings is 1. The Labute approximate surface area is 118 Å². The number of nitrogens with zero attached hydrogens (tertiary/aromatic N) is 1. The molecule has 16 heavy (non-hydrogen) atoms. The van der Waals surface area contributed by atoms with Gasteiger partial charge in [-0.2, -0.15) is 0 Å². The average molecular weight is 364 g/mol. The summed E-state index contributed by atoms with van der Waals surface area (Å²) >= 11 is 14.5. The number of hydrogen-bond acceptors (Lipinski definition) is 1. The summed E-state index contributed by atoms with van der Waals surface area (Å²) in [6, 6.07) is 7.53. The Morgan fingerprint density at radius 3 is 2.38 bits per heavy atom. The molecule has 0 unspecified atom stereocenters. The van der Waals surface area contributed by atoms with Crippen molar-refractivity contribution >= 4 is 45.8 Å².